The highest BCUT2D eigenvalue weighted by molar-refractivity contribution is 5.91. The summed E-state index contributed by atoms with van der Waals surface area (Å²) in [5.74, 6) is 0. The second-order valence-electron chi connectivity index (χ2n) is 5.94. The minimum absolute atomic E-state index is 0.490. The molecule has 1 N–H and O–H groups in total. The van der Waals surface area contributed by atoms with E-state index in [1.54, 1.807) is 0 Å². The first kappa shape index (κ1) is 10.7. The lowest BCUT2D eigenvalue weighted by Crippen LogP contribution is -2.56. The molecule has 2 aliphatic carbocycles. The van der Waals surface area contributed by atoms with Crippen molar-refractivity contribution in [3.63, 3.8) is 0 Å². The molecule has 0 bridgehead atoms. The number of rotatable bonds is 0. The Kier molecular flexibility index (Phi) is 2.51. The number of hydrogen-bond acceptors (Lipinski definition) is 2. The van der Waals surface area contributed by atoms with E-state index in [1.807, 2.05) is 0 Å². The Hall–Kier alpha value is -1.15. The van der Waals surface area contributed by atoms with Crippen LogP contribution in [0.4, 0.5) is 0 Å². The molecule has 0 radical (unpaired) electrons. The quantitative estimate of drug-likeness (QED) is 0.740. The normalized spacial score (nSPS) is 34.0. The highest BCUT2D eigenvalue weighted by Gasteiger charge is 2.35. The van der Waals surface area contributed by atoms with Gasteiger partial charge in [0.2, 0.25) is 0 Å². The van der Waals surface area contributed by atoms with Gasteiger partial charge in [-0.25, -0.2) is 0 Å². The third-order valence-electron chi connectivity index (χ3n) is 4.78. The number of hydrogen-bond donors (Lipinski definition) is 1. The van der Waals surface area contributed by atoms with Gasteiger partial charge in [0.1, 0.15) is 0 Å². The summed E-state index contributed by atoms with van der Waals surface area (Å²) in [6.45, 7) is 0. The summed E-state index contributed by atoms with van der Waals surface area (Å²) in [6.07, 6.45) is 7.51. The van der Waals surface area contributed by atoms with Crippen molar-refractivity contribution in [2.75, 3.05) is 0 Å². The van der Waals surface area contributed by atoms with Gasteiger partial charge in [-0.1, -0.05) is 30.7 Å². The summed E-state index contributed by atoms with van der Waals surface area (Å²) in [4.78, 5) is 5.08. The van der Waals surface area contributed by atoms with Crippen molar-refractivity contribution < 1.29 is 0 Å². The van der Waals surface area contributed by atoms with Crippen LogP contribution in [0.5, 0.6) is 0 Å². The minimum atomic E-state index is 0.490. The maximum Gasteiger partial charge on any atom is 0.0696 e. The largest absolute Gasteiger partial charge is 0.304 e. The summed E-state index contributed by atoms with van der Waals surface area (Å²) in [6, 6.07) is 10.5. The smallest absolute Gasteiger partial charge is 0.0696 e. The highest BCUT2D eigenvalue weighted by Crippen LogP contribution is 2.29. The summed E-state index contributed by atoms with van der Waals surface area (Å²) in [5, 5.41) is 3.87. The number of aliphatic imine (C=N–C) groups is 1. The zero-order valence-corrected chi connectivity index (χ0v) is 10.7. The van der Waals surface area contributed by atoms with Gasteiger partial charge >= 0.3 is 0 Å². The van der Waals surface area contributed by atoms with Crippen LogP contribution in [0, 0.1) is 0 Å². The van der Waals surface area contributed by atoms with Gasteiger partial charge in [-0.3, -0.25) is 4.99 Å². The van der Waals surface area contributed by atoms with Gasteiger partial charge in [-0.2, -0.15) is 0 Å². The van der Waals surface area contributed by atoms with Crippen LogP contribution >= 0.6 is 0 Å². The zero-order valence-electron chi connectivity index (χ0n) is 10.7. The van der Waals surface area contributed by atoms with E-state index in [1.165, 1.54) is 42.5 Å². The summed E-state index contributed by atoms with van der Waals surface area (Å²) in [7, 11) is 0. The van der Waals surface area contributed by atoms with E-state index in [0.29, 0.717) is 18.1 Å². The predicted molar refractivity (Wildman–Crippen MR) is 74.3 cm³/mol. The molecule has 1 saturated carbocycles. The van der Waals surface area contributed by atoms with Gasteiger partial charge in [0.25, 0.3) is 0 Å². The van der Waals surface area contributed by atoms with Gasteiger partial charge in [-0.15, -0.1) is 0 Å². The molecule has 1 aromatic rings. The van der Waals surface area contributed by atoms with Gasteiger partial charge < -0.3 is 5.32 Å². The Morgan fingerprint density at radius 3 is 2.78 bits per heavy atom. The Balaban J connectivity index is 1.66. The Bertz CT molecular complexity index is 492. The fraction of sp³-hybridized carbons (Fsp3) is 0.562. The molecule has 1 heterocycles. The first-order valence-electron chi connectivity index (χ1n) is 7.29. The molecule has 0 saturated heterocycles. The standard InChI is InChI=1S/C16H20N2/c1-2-6-12-10-16-15(9-11(12)5-1)17-13-7-3-4-8-14(13)18-16/h1-2,5-6,13,15-17H,3-4,7-10H2/t13?,15-,16?/m0/s1. The summed E-state index contributed by atoms with van der Waals surface area (Å²) in [5.41, 5.74) is 4.50. The van der Waals surface area contributed by atoms with Crippen LogP contribution in [0.3, 0.4) is 0 Å². The van der Waals surface area contributed by atoms with Crippen LogP contribution in [0.1, 0.15) is 36.8 Å². The molecule has 1 fully saturated rings. The fourth-order valence-corrected chi connectivity index (χ4v) is 3.80. The van der Waals surface area contributed by atoms with E-state index in [2.05, 4.69) is 29.6 Å². The van der Waals surface area contributed by atoms with Crippen LogP contribution in [0.25, 0.3) is 0 Å². The van der Waals surface area contributed by atoms with Crippen molar-refractivity contribution in [1.82, 2.24) is 5.32 Å². The van der Waals surface area contributed by atoms with Crippen LogP contribution in [0.15, 0.2) is 29.3 Å². The molecule has 94 valence electrons. The lowest BCUT2D eigenvalue weighted by molar-refractivity contribution is 0.344. The minimum Gasteiger partial charge on any atom is -0.304 e. The lowest BCUT2D eigenvalue weighted by Gasteiger charge is -2.41. The highest BCUT2D eigenvalue weighted by atomic mass is 15.1. The molecule has 2 unspecified atom stereocenters. The molecular weight excluding hydrogens is 220 g/mol. The number of nitrogens with one attached hydrogen (secondary N) is 1. The second-order valence-corrected chi connectivity index (χ2v) is 5.94. The van der Waals surface area contributed by atoms with E-state index in [-0.39, 0.29) is 0 Å². The van der Waals surface area contributed by atoms with Gasteiger partial charge in [0.15, 0.2) is 0 Å². The summed E-state index contributed by atoms with van der Waals surface area (Å²) < 4.78 is 0. The molecule has 18 heavy (non-hydrogen) atoms. The molecule has 2 nitrogen and oxygen atoms in total. The molecule has 3 aliphatic rings. The maximum atomic E-state index is 5.08. The molecular formula is C16H20N2. The molecule has 1 aliphatic heterocycles. The van der Waals surface area contributed by atoms with Crippen molar-refractivity contribution >= 4 is 5.71 Å². The second kappa shape index (κ2) is 4.20. The third kappa shape index (κ3) is 1.71. The van der Waals surface area contributed by atoms with Gasteiger partial charge in [0, 0.05) is 17.8 Å². The van der Waals surface area contributed by atoms with Crippen LogP contribution in [0.2, 0.25) is 0 Å². The number of benzene rings is 1. The van der Waals surface area contributed by atoms with Crippen LogP contribution in [-0.2, 0) is 12.8 Å². The van der Waals surface area contributed by atoms with Crippen LogP contribution in [-0.4, -0.2) is 23.8 Å². The van der Waals surface area contributed by atoms with Gasteiger partial charge in [-0.05, 0) is 43.2 Å². The zero-order chi connectivity index (χ0) is 11.9. The fourth-order valence-electron chi connectivity index (χ4n) is 3.80. The van der Waals surface area contributed by atoms with Crippen molar-refractivity contribution in [1.29, 1.82) is 0 Å². The molecule has 0 aromatic heterocycles. The monoisotopic (exact) mass is 240 g/mol. The molecule has 2 heteroatoms. The van der Waals surface area contributed by atoms with Crippen molar-refractivity contribution in [3.05, 3.63) is 35.4 Å². The molecule has 3 atom stereocenters. The average Bonchev–Trinajstić information content (AvgIpc) is 2.42. The molecule has 0 spiro atoms. The Morgan fingerprint density at radius 1 is 1.06 bits per heavy atom. The topological polar surface area (TPSA) is 24.4 Å². The van der Waals surface area contributed by atoms with E-state index >= 15 is 0 Å². The maximum absolute atomic E-state index is 5.08. The molecule has 1 aromatic carbocycles. The van der Waals surface area contributed by atoms with Crippen LogP contribution < -0.4 is 5.32 Å². The average molecular weight is 240 g/mol. The Morgan fingerprint density at radius 2 is 1.89 bits per heavy atom. The number of nitrogens with zero attached hydrogens (tertiary/aromatic N) is 1. The van der Waals surface area contributed by atoms with E-state index in [0.717, 1.165) is 12.8 Å². The van der Waals surface area contributed by atoms with Gasteiger partial charge in [0.05, 0.1) is 6.04 Å². The Labute approximate surface area is 109 Å². The van der Waals surface area contributed by atoms with Crippen molar-refractivity contribution in [3.8, 4) is 0 Å². The van der Waals surface area contributed by atoms with Crippen molar-refractivity contribution in [2.45, 2.75) is 56.7 Å². The van der Waals surface area contributed by atoms with E-state index in [4.69, 9.17) is 4.99 Å². The predicted octanol–water partition coefficient (Wildman–Crippen LogP) is 2.51. The SMILES string of the molecule is c1ccc2c(c1)CC1N=C3CCCCC3N[C@H]1C2. The van der Waals surface area contributed by atoms with E-state index in [9.17, 15) is 0 Å². The molecule has 4 rings (SSSR count). The third-order valence-corrected chi connectivity index (χ3v) is 4.78. The molecule has 0 amide bonds. The van der Waals surface area contributed by atoms with E-state index < -0.39 is 0 Å². The first-order valence-corrected chi connectivity index (χ1v) is 7.29. The summed E-state index contributed by atoms with van der Waals surface area (Å²) >= 11 is 0. The number of fused-ring (bicyclic) bond motifs is 3. The van der Waals surface area contributed by atoms with Crippen molar-refractivity contribution in [2.24, 2.45) is 4.99 Å². The first-order chi connectivity index (χ1) is 8.90. The lowest BCUT2D eigenvalue weighted by atomic mass is 9.81.